The molecular weight excluding hydrogens is 330 g/mol. The van der Waals surface area contributed by atoms with Crippen LogP contribution in [0, 0.1) is 6.92 Å². The van der Waals surface area contributed by atoms with Crippen LogP contribution in [0.25, 0.3) is 10.9 Å². The van der Waals surface area contributed by atoms with Gasteiger partial charge in [-0.25, -0.2) is 0 Å². The number of aryl methyl sites for hydroxylation is 1. The highest BCUT2D eigenvalue weighted by Crippen LogP contribution is 2.24. The first-order chi connectivity index (χ1) is 12.5. The van der Waals surface area contributed by atoms with Crippen molar-refractivity contribution in [3.63, 3.8) is 0 Å². The third-order valence-electron chi connectivity index (χ3n) is 4.51. The van der Waals surface area contributed by atoms with E-state index in [9.17, 15) is 9.59 Å². The van der Waals surface area contributed by atoms with Crippen molar-refractivity contribution in [2.45, 2.75) is 13.5 Å². The SMILES string of the molecule is COc1ccc2cc(C(=O)Nc3ccc4c(c3)C(=O)NC4)c(C)nc2c1. The van der Waals surface area contributed by atoms with Gasteiger partial charge in [0.2, 0.25) is 0 Å². The van der Waals surface area contributed by atoms with Gasteiger partial charge >= 0.3 is 0 Å². The number of hydrogen-bond donors (Lipinski definition) is 2. The Labute approximate surface area is 150 Å². The molecule has 0 unspecified atom stereocenters. The van der Waals surface area contributed by atoms with Crippen LogP contribution in [-0.4, -0.2) is 23.9 Å². The number of nitrogens with zero attached hydrogens (tertiary/aromatic N) is 1. The summed E-state index contributed by atoms with van der Waals surface area (Å²) in [5.74, 6) is 0.345. The molecule has 0 saturated carbocycles. The number of methoxy groups -OCH3 is 1. The van der Waals surface area contributed by atoms with Gasteiger partial charge in [0.15, 0.2) is 0 Å². The maximum absolute atomic E-state index is 12.7. The van der Waals surface area contributed by atoms with E-state index in [4.69, 9.17) is 4.74 Å². The average Bonchev–Trinajstić information content (AvgIpc) is 3.01. The van der Waals surface area contributed by atoms with E-state index in [0.29, 0.717) is 29.1 Å². The number of ether oxygens (including phenoxy) is 1. The second-order valence-electron chi connectivity index (χ2n) is 6.19. The molecular formula is C20H17N3O3. The average molecular weight is 347 g/mol. The molecule has 6 heteroatoms. The quantitative estimate of drug-likeness (QED) is 0.763. The van der Waals surface area contributed by atoms with E-state index in [-0.39, 0.29) is 11.8 Å². The van der Waals surface area contributed by atoms with Crippen LogP contribution in [-0.2, 0) is 6.54 Å². The normalized spacial score (nSPS) is 12.6. The van der Waals surface area contributed by atoms with Crippen molar-refractivity contribution in [2.75, 3.05) is 12.4 Å². The number of rotatable bonds is 3. The topological polar surface area (TPSA) is 80.3 Å². The van der Waals surface area contributed by atoms with Crippen molar-refractivity contribution in [3.05, 3.63) is 64.8 Å². The van der Waals surface area contributed by atoms with Crippen LogP contribution in [0.3, 0.4) is 0 Å². The number of anilines is 1. The number of benzene rings is 2. The molecule has 2 amide bonds. The number of carbonyl (C=O) groups is 2. The zero-order valence-corrected chi connectivity index (χ0v) is 14.4. The zero-order chi connectivity index (χ0) is 18.3. The Morgan fingerprint density at radius 3 is 2.85 bits per heavy atom. The molecule has 0 fully saturated rings. The fraction of sp³-hybridized carbons (Fsp3) is 0.150. The molecule has 4 rings (SSSR count). The summed E-state index contributed by atoms with van der Waals surface area (Å²) in [6.45, 7) is 2.32. The highest BCUT2D eigenvalue weighted by molar-refractivity contribution is 6.07. The van der Waals surface area contributed by atoms with Crippen LogP contribution in [0.2, 0.25) is 0 Å². The van der Waals surface area contributed by atoms with Crippen LogP contribution in [0.1, 0.15) is 32.0 Å². The molecule has 26 heavy (non-hydrogen) atoms. The second kappa shape index (κ2) is 6.15. The molecule has 6 nitrogen and oxygen atoms in total. The highest BCUT2D eigenvalue weighted by Gasteiger charge is 2.20. The van der Waals surface area contributed by atoms with E-state index >= 15 is 0 Å². The molecule has 2 aromatic carbocycles. The Kier molecular flexibility index (Phi) is 3.80. The van der Waals surface area contributed by atoms with Crippen molar-refractivity contribution >= 4 is 28.4 Å². The van der Waals surface area contributed by atoms with Crippen LogP contribution in [0.4, 0.5) is 5.69 Å². The minimum atomic E-state index is -0.258. The maximum Gasteiger partial charge on any atom is 0.257 e. The first kappa shape index (κ1) is 16.1. The van der Waals surface area contributed by atoms with E-state index in [2.05, 4.69) is 15.6 Å². The van der Waals surface area contributed by atoms with Crippen LogP contribution < -0.4 is 15.4 Å². The minimum absolute atomic E-state index is 0.117. The van der Waals surface area contributed by atoms with Gasteiger partial charge in [0.05, 0.1) is 23.9 Å². The maximum atomic E-state index is 12.7. The first-order valence-electron chi connectivity index (χ1n) is 8.23. The number of hydrogen-bond acceptors (Lipinski definition) is 4. The molecule has 3 aromatic rings. The lowest BCUT2D eigenvalue weighted by Crippen LogP contribution is -2.15. The van der Waals surface area contributed by atoms with Crippen molar-refractivity contribution < 1.29 is 14.3 Å². The van der Waals surface area contributed by atoms with Crippen LogP contribution >= 0.6 is 0 Å². The number of amides is 2. The lowest BCUT2D eigenvalue weighted by atomic mass is 10.1. The Morgan fingerprint density at radius 1 is 1.19 bits per heavy atom. The molecule has 0 spiro atoms. The summed E-state index contributed by atoms with van der Waals surface area (Å²) < 4.78 is 5.21. The Morgan fingerprint density at radius 2 is 2.04 bits per heavy atom. The van der Waals surface area contributed by atoms with Crippen molar-refractivity contribution in [1.29, 1.82) is 0 Å². The predicted molar refractivity (Wildman–Crippen MR) is 98.6 cm³/mol. The molecule has 0 radical (unpaired) electrons. The van der Waals surface area contributed by atoms with Gasteiger partial charge in [-0.1, -0.05) is 6.07 Å². The minimum Gasteiger partial charge on any atom is -0.497 e. The summed E-state index contributed by atoms with van der Waals surface area (Å²) in [7, 11) is 1.60. The molecule has 130 valence electrons. The van der Waals surface area contributed by atoms with Crippen molar-refractivity contribution in [2.24, 2.45) is 0 Å². The van der Waals surface area contributed by atoms with E-state index in [1.54, 1.807) is 26.2 Å². The molecule has 1 aliphatic heterocycles. The van der Waals surface area contributed by atoms with Gasteiger partial charge in [-0.15, -0.1) is 0 Å². The highest BCUT2D eigenvalue weighted by atomic mass is 16.5. The Hall–Kier alpha value is -3.41. The number of fused-ring (bicyclic) bond motifs is 2. The summed E-state index contributed by atoms with van der Waals surface area (Å²) in [4.78, 5) is 29.0. The monoisotopic (exact) mass is 347 g/mol. The van der Waals surface area contributed by atoms with Gasteiger partial charge in [-0.05, 0) is 42.8 Å². The van der Waals surface area contributed by atoms with Gasteiger partial charge in [0, 0.05) is 29.2 Å². The number of nitrogens with one attached hydrogen (secondary N) is 2. The molecule has 2 heterocycles. The summed E-state index contributed by atoms with van der Waals surface area (Å²) in [6.07, 6.45) is 0. The van der Waals surface area contributed by atoms with E-state index in [1.165, 1.54) is 0 Å². The third-order valence-corrected chi connectivity index (χ3v) is 4.51. The van der Waals surface area contributed by atoms with E-state index in [1.807, 2.05) is 30.3 Å². The second-order valence-corrected chi connectivity index (χ2v) is 6.19. The van der Waals surface area contributed by atoms with Gasteiger partial charge in [0.1, 0.15) is 5.75 Å². The Bertz CT molecular complexity index is 1060. The molecule has 0 aliphatic carbocycles. The molecule has 0 atom stereocenters. The van der Waals surface area contributed by atoms with Crippen LogP contribution in [0.15, 0.2) is 42.5 Å². The fourth-order valence-corrected chi connectivity index (χ4v) is 3.09. The summed E-state index contributed by atoms with van der Waals surface area (Å²) in [5, 5.41) is 6.47. The predicted octanol–water partition coefficient (Wildman–Crippen LogP) is 3.05. The summed E-state index contributed by atoms with van der Waals surface area (Å²) in [6, 6.07) is 12.7. The summed E-state index contributed by atoms with van der Waals surface area (Å²) >= 11 is 0. The van der Waals surface area contributed by atoms with Gasteiger partial charge in [-0.2, -0.15) is 0 Å². The smallest absolute Gasteiger partial charge is 0.257 e. The van der Waals surface area contributed by atoms with E-state index < -0.39 is 0 Å². The standard InChI is InChI=1S/C20H17N3O3/c1-11-16(7-12-4-6-15(26-2)9-18(12)22-11)20(25)23-14-5-3-13-10-21-19(24)17(13)8-14/h3-9H,10H2,1-2H3,(H,21,24)(H,23,25). The Balaban J connectivity index is 1.65. The van der Waals surface area contributed by atoms with Gasteiger partial charge < -0.3 is 15.4 Å². The lowest BCUT2D eigenvalue weighted by molar-refractivity contribution is 0.0964. The third kappa shape index (κ3) is 2.75. The molecule has 0 saturated heterocycles. The molecule has 2 N–H and O–H groups in total. The zero-order valence-electron chi connectivity index (χ0n) is 14.4. The van der Waals surface area contributed by atoms with Crippen LogP contribution in [0.5, 0.6) is 5.75 Å². The summed E-state index contributed by atoms with van der Waals surface area (Å²) in [5.41, 5.74) is 4.01. The van der Waals surface area contributed by atoms with Gasteiger partial charge in [0.25, 0.3) is 11.8 Å². The first-order valence-corrected chi connectivity index (χ1v) is 8.23. The number of carbonyl (C=O) groups excluding carboxylic acids is 2. The van der Waals surface area contributed by atoms with E-state index in [0.717, 1.165) is 22.2 Å². The number of pyridine rings is 1. The molecule has 0 bridgehead atoms. The fourth-order valence-electron chi connectivity index (χ4n) is 3.09. The van der Waals surface area contributed by atoms with Crippen molar-refractivity contribution in [1.82, 2.24) is 10.3 Å². The van der Waals surface area contributed by atoms with Crippen molar-refractivity contribution in [3.8, 4) is 5.75 Å². The molecule has 1 aliphatic rings. The molecule has 1 aromatic heterocycles. The lowest BCUT2D eigenvalue weighted by Gasteiger charge is -2.10. The number of aromatic nitrogens is 1. The van der Waals surface area contributed by atoms with Gasteiger partial charge in [-0.3, -0.25) is 14.6 Å². The largest absolute Gasteiger partial charge is 0.497 e.